The Hall–Kier alpha value is -1.17. The summed E-state index contributed by atoms with van der Waals surface area (Å²) in [5.41, 5.74) is 0. The van der Waals surface area contributed by atoms with Crippen LogP contribution in [0.4, 0.5) is 0 Å². The smallest absolute Gasteiger partial charge is 0.113 e. The van der Waals surface area contributed by atoms with Crippen LogP contribution in [-0.4, -0.2) is 36.3 Å². The molecule has 0 N–H and O–H groups in total. The van der Waals surface area contributed by atoms with Gasteiger partial charge in [-0.05, 0) is 50.6 Å². The van der Waals surface area contributed by atoms with Crippen LogP contribution in [0.25, 0.3) is 0 Å². The second-order valence-electron chi connectivity index (χ2n) is 4.78. The lowest BCUT2D eigenvalue weighted by Gasteiger charge is -2.10. The maximum absolute atomic E-state index is 13.3. The fourth-order valence-corrected chi connectivity index (χ4v) is 5.13. The Balaban J connectivity index is 2.31. The lowest BCUT2D eigenvalue weighted by atomic mass is 10.4. The van der Waals surface area contributed by atoms with Gasteiger partial charge in [-0.15, -0.1) is 11.3 Å². The predicted molar refractivity (Wildman–Crippen MR) is 85.9 cm³/mol. The maximum Gasteiger partial charge on any atom is 0.113 e. The summed E-state index contributed by atoms with van der Waals surface area (Å²) in [5, 5.41) is 1.95. The molecule has 1 aromatic heterocycles. The Bertz CT molecular complexity index is 627. The van der Waals surface area contributed by atoms with Gasteiger partial charge in [-0.3, -0.25) is 0 Å². The van der Waals surface area contributed by atoms with E-state index >= 15 is 0 Å². The molecule has 0 fully saturated rings. The van der Waals surface area contributed by atoms with Gasteiger partial charge < -0.3 is 4.90 Å². The van der Waals surface area contributed by atoms with Gasteiger partial charge in [0.25, 0.3) is 0 Å². The molecule has 0 saturated carbocycles. The van der Waals surface area contributed by atoms with Gasteiger partial charge in [-0.25, -0.2) is 8.57 Å². The van der Waals surface area contributed by atoms with Crippen molar-refractivity contribution in [2.75, 3.05) is 27.2 Å². The molecule has 20 heavy (non-hydrogen) atoms. The fraction of sp³-hybridized carbons (Fsp3) is 0.333. The molecular formula is C15H20N2OS2. The van der Waals surface area contributed by atoms with Crippen molar-refractivity contribution in [3.63, 3.8) is 0 Å². The number of nitrogens with zero attached hydrogens (tertiary/aromatic N) is 2. The molecule has 5 heteroatoms. The van der Waals surface area contributed by atoms with E-state index in [2.05, 4.69) is 9.26 Å². The third kappa shape index (κ3) is 3.69. The van der Waals surface area contributed by atoms with E-state index in [-0.39, 0.29) is 0 Å². The monoisotopic (exact) mass is 308 g/mol. The molecule has 0 aliphatic carbocycles. The van der Waals surface area contributed by atoms with Crippen molar-refractivity contribution in [3.05, 3.63) is 47.8 Å². The van der Waals surface area contributed by atoms with Gasteiger partial charge in [0.05, 0.1) is 11.4 Å². The quantitative estimate of drug-likeness (QED) is 0.764. The van der Waals surface area contributed by atoms with Crippen LogP contribution in [0.5, 0.6) is 0 Å². The molecule has 108 valence electrons. The van der Waals surface area contributed by atoms with E-state index in [0.29, 0.717) is 6.54 Å². The predicted octanol–water partition coefficient (Wildman–Crippen LogP) is 3.59. The van der Waals surface area contributed by atoms with Crippen molar-refractivity contribution in [3.8, 4) is 0 Å². The molecule has 0 spiro atoms. The Morgan fingerprint density at radius 1 is 1.15 bits per heavy atom. The first-order chi connectivity index (χ1) is 9.63. The number of benzene rings is 1. The Kier molecular flexibility index (Phi) is 5.34. The lowest BCUT2D eigenvalue weighted by Crippen LogP contribution is -2.14. The van der Waals surface area contributed by atoms with Gasteiger partial charge in [-0.2, -0.15) is 0 Å². The first kappa shape index (κ1) is 15.2. The van der Waals surface area contributed by atoms with Crippen LogP contribution < -0.4 is 0 Å². The van der Waals surface area contributed by atoms with Crippen LogP contribution in [0.1, 0.15) is 6.42 Å². The summed E-state index contributed by atoms with van der Waals surface area (Å²) in [5.74, 6) is 0. The molecule has 0 radical (unpaired) electrons. The van der Waals surface area contributed by atoms with Crippen LogP contribution >= 0.6 is 11.3 Å². The van der Waals surface area contributed by atoms with Crippen LogP contribution in [0.15, 0.2) is 61.3 Å². The van der Waals surface area contributed by atoms with E-state index in [0.717, 1.165) is 22.1 Å². The third-order valence-electron chi connectivity index (χ3n) is 2.87. The van der Waals surface area contributed by atoms with Crippen molar-refractivity contribution in [1.29, 1.82) is 0 Å². The second kappa shape index (κ2) is 7.02. The Morgan fingerprint density at radius 3 is 2.50 bits per heavy atom. The zero-order chi connectivity index (χ0) is 14.4. The Morgan fingerprint density at radius 2 is 1.90 bits per heavy atom. The van der Waals surface area contributed by atoms with E-state index in [1.807, 2.05) is 61.9 Å². The topological polar surface area (TPSA) is 32.7 Å². The summed E-state index contributed by atoms with van der Waals surface area (Å²) in [4.78, 5) is 2.91. The third-order valence-corrected chi connectivity index (χ3v) is 6.63. The highest BCUT2D eigenvalue weighted by atomic mass is 32.2. The largest absolute Gasteiger partial charge is 0.309 e. The fourth-order valence-electron chi connectivity index (χ4n) is 1.86. The van der Waals surface area contributed by atoms with Gasteiger partial charge in [0.2, 0.25) is 0 Å². The first-order valence-corrected chi connectivity index (χ1v) is 8.98. The van der Waals surface area contributed by atoms with Crippen molar-refractivity contribution in [1.82, 2.24) is 4.90 Å². The molecule has 2 aromatic rings. The molecule has 1 atom stereocenters. The van der Waals surface area contributed by atoms with E-state index in [1.165, 1.54) is 11.3 Å². The van der Waals surface area contributed by atoms with E-state index < -0.39 is 9.73 Å². The van der Waals surface area contributed by atoms with Crippen LogP contribution in [0.2, 0.25) is 0 Å². The first-order valence-electron chi connectivity index (χ1n) is 6.59. The van der Waals surface area contributed by atoms with Crippen LogP contribution in [0, 0.1) is 0 Å². The molecule has 1 unspecified atom stereocenters. The maximum atomic E-state index is 13.3. The summed E-state index contributed by atoms with van der Waals surface area (Å²) in [6.45, 7) is 1.57. The molecule has 3 nitrogen and oxygen atoms in total. The average molecular weight is 308 g/mol. The van der Waals surface area contributed by atoms with Crippen molar-refractivity contribution in [2.24, 2.45) is 4.36 Å². The van der Waals surface area contributed by atoms with Crippen molar-refractivity contribution < 1.29 is 4.21 Å². The average Bonchev–Trinajstić information content (AvgIpc) is 2.99. The van der Waals surface area contributed by atoms with Gasteiger partial charge in [0, 0.05) is 0 Å². The zero-order valence-electron chi connectivity index (χ0n) is 11.9. The van der Waals surface area contributed by atoms with Crippen molar-refractivity contribution >= 4 is 21.1 Å². The molecule has 1 aromatic carbocycles. The minimum Gasteiger partial charge on any atom is -0.309 e. The Labute approximate surface area is 125 Å². The highest BCUT2D eigenvalue weighted by Gasteiger charge is 2.16. The van der Waals surface area contributed by atoms with Gasteiger partial charge >= 0.3 is 0 Å². The molecule has 1 heterocycles. The van der Waals surface area contributed by atoms with Gasteiger partial charge in [0.15, 0.2) is 0 Å². The summed E-state index contributed by atoms with van der Waals surface area (Å²) < 4.78 is 18.7. The molecule has 0 aliphatic rings. The van der Waals surface area contributed by atoms with E-state index in [4.69, 9.17) is 0 Å². The minimum absolute atomic E-state index is 0.615. The molecule has 0 bridgehead atoms. The van der Waals surface area contributed by atoms with Crippen LogP contribution in [0.3, 0.4) is 0 Å². The van der Waals surface area contributed by atoms with E-state index in [1.54, 1.807) is 0 Å². The zero-order valence-corrected chi connectivity index (χ0v) is 13.5. The summed E-state index contributed by atoms with van der Waals surface area (Å²) >= 11 is 1.51. The summed E-state index contributed by atoms with van der Waals surface area (Å²) in [7, 11) is 1.59. The molecule has 0 aliphatic heterocycles. The highest BCUT2D eigenvalue weighted by molar-refractivity contribution is 7.95. The lowest BCUT2D eigenvalue weighted by molar-refractivity contribution is 0.403. The van der Waals surface area contributed by atoms with Crippen molar-refractivity contribution in [2.45, 2.75) is 15.5 Å². The van der Waals surface area contributed by atoms with Crippen LogP contribution in [-0.2, 0) is 9.73 Å². The highest BCUT2D eigenvalue weighted by Crippen LogP contribution is 2.27. The number of hydrogen-bond donors (Lipinski definition) is 0. The number of thiophene rings is 1. The molecule has 0 amide bonds. The number of hydrogen-bond acceptors (Lipinski definition) is 4. The molecule has 2 rings (SSSR count). The summed E-state index contributed by atoms with van der Waals surface area (Å²) in [6, 6.07) is 13.4. The minimum atomic E-state index is -2.48. The summed E-state index contributed by atoms with van der Waals surface area (Å²) in [6.07, 6.45) is 0.919. The standard InChI is InChI=1S/C15H20N2OS2/c1-17(2)12-7-11-16-20(18,15-10-6-13-19-15)14-8-4-3-5-9-14/h3-6,8-10,13H,7,11-12H2,1-2H3. The second-order valence-corrected chi connectivity index (χ2v) is 8.21. The SMILES string of the molecule is CN(C)CCCN=S(=O)(c1ccccc1)c1cccs1. The van der Waals surface area contributed by atoms with Gasteiger partial charge in [0.1, 0.15) is 13.9 Å². The van der Waals surface area contributed by atoms with Gasteiger partial charge in [-0.1, -0.05) is 24.3 Å². The normalized spacial score (nSPS) is 14.2. The molecular weight excluding hydrogens is 288 g/mol. The van der Waals surface area contributed by atoms with E-state index in [9.17, 15) is 4.21 Å². The molecule has 0 saturated heterocycles. The number of rotatable bonds is 6.